The summed E-state index contributed by atoms with van der Waals surface area (Å²) in [4.78, 5) is 16.8. The highest BCUT2D eigenvalue weighted by atomic mass is 35.5. The van der Waals surface area contributed by atoms with Crippen molar-refractivity contribution in [2.75, 3.05) is 26.2 Å². The van der Waals surface area contributed by atoms with Gasteiger partial charge in [-0.25, -0.2) is 4.79 Å². The molecule has 2 atom stereocenters. The van der Waals surface area contributed by atoms with E-state index in [1.54, 1.807) is 0 Å². The van der Waals surface area contributed by atoms with Crippen LogP contribution < -0.4 is 5.32 Å². The van der Waals surface area contributed by atoms with Crippen LogP contribution in [0.5, 0.6) is 0 Å². The van der Waals surface area contributed by atoms with Crippen LogP contribution in [0.3, 0.4) is 0 Å². The van der Waals surface area contributed by atoms with Crippen molar-refractivity contribution in [3.8, 4) is 0 Å². The van der Waals surface area contributed by atoms with Crippen molar-refractivity contribution < 1.29 is 9.53 Å². The summed E-state index contributed by atoms with van der Waals surface area (Å²) in [7, 11) is 0. The lowest BCUT2D eigenvalue weighted by molar-refractivity contribution is -0.0503. The predicted octanol–water partition coefficient (Wildman–Crippen LogP) is 3.79. The summed E-state index contributed by atoms with van der Waals surface area (Å²) in [6.45, 7) is 4.07. The second kappa shape index (κ2) is 8.70. The fourth-order valence-corrected chi connectivity index (χ4v) is 4.20. The zero-order valence-electron chi connectivity index (χ0n) is 15.5. The molecule has 0 radical (unpaired) electrons. The molecule has 2 aromatic rings. The Morgan fingerprint density at radius 2 is 1.89 bits per heavy atom. The number of fused-ring (bicyclic) bond motifs is 1. The van der Waals surface area contributed by atoms with Crippen molar-refractivity contribution in [3.63, 3.8) is 0 Å². The van der Waals surface area contributed by atoms with Gasteiger partial charge in [0.25, 0.3) is 0 Å². The Hall–Kier alpha value is -1.79. The van der Waals surface area contributed by atoms with Gasteiger partial charge in [-0.05, 0) is 23.3 Å². The molecule has 2 aliphatic heterocycles. The van der Waals surface area contributed by atoms with E-state index in [0.717, 1.165) is 24.2 Å². The molecule has 0 aliphatic carbocycles. The van der Waals surface area contributed by atoms with Gasteiger partial charge in [-0.3, -0.25) is 4.90 Å². The van der Waals surface area contributed by atoms with E-state index in [4.69, 9.17) is 27.9 Å². The first-order chi connectivity index (χ1) is 13.6. The Balaban J connectivity index is 1.37. The van der Waals surface area contributed by atoms with Gasteiger partial charge in [-0.15, -0.1) is 0 Å². The van der Waals surface area contributed by atoms with Crippen molar-refractivity contribution in [3.05, 3.63) is 69.7 Å². The first kappa shape index (κ1) is 19.5. The van der Waals surface area contributed by atoms with Gasteiger partial charge in [-0.2, -0.15) is 0 Å². The smallest absolute Gasteiger partial charge is 0.317 e. The molecule has 7 heteroatoms. The topological polar surface area (TPSA) is 44.8 Å². The zero-order chi connectivity index (χ0) is 19.5. The largest absolute Gasteiger partial charge is 0.373 e. The molecule has 0 spiro atoms. The van der Waals surface area contributed by atoms with Crippen molar-refractivity contribution >= 4 is 29.2 Å². The van der Waals surface area contributed by atoms with Gasteiger partial charge in [0.2, 0.25) is 0 Å². The molecule has 2 unspecified atom stereocenters. The van der Waals surface area contributed by atoms with Gasteiger partial charge in [0.1, 0.15) is 0 Å². The Kier molecular flexibility index (Phi) is 6.07. The molecule has 5 nitrogen and oxygen atoms in total. The number of hydrogen-bond donors (Lipinski definition) is 1. The van der Waals surface area contributed by atoms with Gasteiger partial charge >= 0.3 is 6.03 Å². The predicted molar refractivity (Wildman–Crippen MR) is 111 cm³/mol. The fraction of sp³-hybridized carbons (Fsp3) is 0.381. The number of amides is 2. The van der Waals surface area contributed by atoms with E-state index in [1.807, 2.05) is 53.4 Å². The molecule has 0 bridgehead atoms. The average molecular weight is 420 g/mol. The number of carbonyl (C=O) groups excluding carboxylic acids is 1. The van der Waals surface area contributed by atoms with Crippen LogP contribution >= 0.6 is 23.2 Å². The monoisotopic (exact) mass is 419 g/mol. The molecule has 2 heterocycles. The number of likely N-dealkylation sites (tertiary alicyclic amines) is 1. The quantitative estimate of drug-likeness (QED) is 0.819. The number of rotatable bonds is 4. The summed E-state index contributed by atoms with van der Waals surface area (Å²) in [5.41, 5.74) is 2.20. The summed E-state index contributed by atoms with van der Waals surface area (Å²) in [6, 6.07) is 15.8. The summed E-state index contributed by atoms with van der Waals surface area (Å²) in [5.74, 6) is 0. The number of benzene rings is 2. The standard InChI is InChI=1S/C21H23Cl2N3O2/c22-17-7-6-16(10-18(17)23)12-25-8-9-28-20-14-26(13-19(20)25)21(27)24-11-15-4-2-1-3-5-15/h1-7,10,19-20H,8-9,11-14H2,(H,24,27). The SMILES string of the molecule is O=C(NCc1ccccc1)N1CC2OCCN(Cc3ccc(Cl)c(Cl)c3)C2C1. The first-order valence-corrected chi connectivity index (χ1v) is 10.2. The first-order valence-electron chi connectivity index (χ1n) is 9.46. The van der Waals surface area contributed by atoms with Gasteiger partial charge in [0.05, 0.1) is 35.3 Å². The van der Waals surface area contributed by atoms with Crippen LogP contribution in [0.1, 0.15) is 11.1 Å². The molecule has 2 aliphatic rings. The number of hydrogen-bond acceptors (Lipinski definition) is 3. The van der Waals surface area contributed by atoms with Crippen LogP contribution in [-0.2, 0) is 17.8 Å². The van der Waals surface area contributed by atoms with Crippen molar-refractivity contribution in [1.29, 1.82) is 0 Å². The van der Waals surface area contributed by atoms with E-state index >= 15 is 0 Å². The van der Waals surface area contributed by atoms with Crippen LogP contribution in [0.25, 0.3) is 0 Å². The number of morpholine rings is 1. The summed E-state index contributed by atoms with van der Waals surface area (Å²) < 4.78 is 5.95. The normalized spacial score (nSPS) is 22.1. The summed E-state index contributed by atoms with van der Waals surface area (Å²) >= 11 is 12.2. The lowest BCUT2D eigenvalue weighted by Gasteiger charge is -2.36. The maximum absolute atomic E-state index is 12.6. The summed E-state index contributed by atoms with van der Waals surface area (Å²) in [6.07, 6.45) is 0.0407. The number of halogens is 2. The van der Waals surface area contributed by atoms with Crippen LogP contribution in [0, 0.1) is 0 Å². The molecule has 2 aromatic carbocycles. The Morgan fingerprint density at radius 3 is 2.68 bits per heavy atom. The molecule has 2 saturated heterocycles. The molecule has 1 N–H and O–H groups in total. The highest BCUT2D eigenvalue weighted by Gasteiger charge is 2.41. The molecule has 28 heavy (non-hydrogen) atoms. The molecule has 2 fully saturated rings. The highest BCUT2D eigenvalue weighted by Crippen LogP contribution is 2.27. The van der Waals surface area contributed by atoms with Crippen molar-refractivity contribution in [2.45, 2.75) is 25.2 Å². The van der Waals surface area contributed by atoms with Gasteiger partial charge in [-0.1, -0.05) is 59.6 Å². The molecular weight excluding hydrogens is 397 g/mol. The van der Waals surface area contributed by atoms with Crippen LogP contribution in [0.2, 0.25) is 10.0 Å². The maximum atomic E-state index is 12.6. The Bertz CT molecular complexity index is 834. The van der Waals surface area contributed by atoms with Crippen molar-refractivity contribution in [2.24, 2.45) is 0 Å². The molecule has 4 rings (SSSR count). The molecule has 2 amide bonds. The molecule has 0 aromatic heterocycles. The highest BCUT2D eigenvalue weighted by molar-refractivity contribution is 6.42. The third-order valence-electron chi connectivity index (χ3n) is 5.36. The minimum atomic E-state index is -0.0451. The van der Waals surface area contributed by atoms with Crippen LogP contribution in [0.15, 0.2) is 48.5 Å². The minimum Gasteiger partial charge on any atom is -0.373 e. The zero-order valence-corrected chi connectivity index (χ0v) is 17.0. The Morgan fingerprint density at radius 1 is 1.07 bits per heavy atom. The minimum absolute atomic E-state index is 0.0407. The Labute approximate surface area is 175 Å². The number of carbonyl (C=O) groups is 1. The lowest BCUT2D eigenvalue weighted by Crippen LogP contribution is -2.50. The van der Waals surface area contributed by atoms with Gasteiger partial charge in [0, 0.05) is 26.2 Å². The number of nitrogens with zero attached hydrogens (tertiary/aromatic N) is 2. The van der Waals surface area contributed by atoms with E-state index in [2.05, 4.69) is 10.2 Å². The lowest BCUT2D eigenvalue weighted by atomic mass is 10.1. The van der Waals surface area contributed by atoms with Crippen LogP contribution in [-0.4, -0.2) is 54.2 Å². The third kappa shape index (κ3) is 4.44. The van der Waals surface area contributed by atoms with E-state index in [-0.39, 0.29) is 18.2 Å². The second-order valence-electron chi connectivity index (χ2n) is 7.24. The van der Waals surface area contributed by atoms with Crippen LogP contribution in [0.4, 0.5) is 4.79 Å². The van der Waals surface area contributed by atoms with Gasteiger partial charge in [0.15, 0.2) is 0 Å². The van der Waals surface area contributed by atoms with E-state index in [0.29, 0.717) is 36.3 Å². The molecule has 0 saturated carbocycles. The molecule has 148 valence electrons. The third-order valence-corrected chi connectivity index (χ3v) is 6.10. The summed E-state index contributed by atoms with van der Waals surface area (Å²) in [5, 5.41) is 4.14. The van der Waals surface area contributed by atoms with E-state index in [1.165, 1.54) is 0 Å². The average Bonchev–Trinajstić information content (AvgIpc) is 3.15. The number of nitrogens with one attached hydrogen (secondary N) is 1. The fourth-order valence-electron chi connectivity index (χ4n) is 3.88. The number of ether oxygens (including phenoxy) is 1. The second-order valence-corrected chi connectivity index (χ2v) is 8.06. The van der Waals surface area contributed by atoms with E-state index in [9.17, 15) is 4.79 Å². The van der Waals surface area contributed by atoms with E-state index < -0.39 is 0 Å². The van der Waals surface area contributed by atoms with Gasteiger partial charge < -0.3 is 15.0 Å². The number of urea groups is 1. The molecular formula is C21H23Cl2N3O2. The van der Waals surface area contributed by atoms with Crippen molar-refractivity contribution in [1.82, 2.24) is 15.1 Å². The maximum Gasteiger partial charge on any atom is 0.317 e.